The summed E-state index contributed by atoms with van der Waals surface area (Å²) >= 11 is 5.96. The van der Waals surface area contributed by atoms with E-state index in [-0.39, 0.29) is 19.0 Å². The summed E-state index contributed by atoms with van der Waals surface area (Å²) < 4.78 is 18.7. The second-order valence-corrected chi connectivity index (χ2v) is 4.35. The quantitative estimate of drug-likeness (QED) is 0.884. The Morgan fingerprint density at radius 2 is 2.15 bits per heavy atom. The maximum absolute atomic E-state index is 13.1. The third kappa shape index (κ3) is 3.95. The number of rotatable bonds is 3. The molecule has 0 amide bonds. The van der Waals surface area contributed by atoms with Crippen molar-refractivity contribution >= 4 is 11.6 Å². The smallest absolute Gasteiger partial charge is 0.139 e. The van der Waals surface area contributed by atoms with E-state index in [2.05, 4.69) is 16.8 Å². The van der Waals surface area contributed by atoms with Gasteiger partial charge < -0.3 is 10.5 Å². The standard InChI is InChI=1S/C15H12ClFN2O/c16-15-4-3-13(17)7-12(15)10-20-14-6-11(2-1-5-18)8-19-9-14/h3-4,6-9H,5,10,18H2. The van der Waals surface area contributed by atoms with Crippen LogP contribution in [0, 0.1) is 17.7 Å². The molecule has 3 nitrogen and oxygen atoms in total. The maximum atomic E-state index is 13.1. The zero-order valence-electron chi connectivity index (χ0n) is 10.6. The van der Waals surface area contributed by atoms with E-state index in [0.29, 0.717) is 21.9 Å². The Labute approximate surface area is 121 Å². The van der Waals surface area contributed by atoms with Crippen LogP contribution in [0.5, 0.6) is 5.75 Å². The highest BCUT2D eigenvalue weighted by molar-refractivity contribution is 6.31. The number of benzene rings is 1. The average Bonchev–Trinajstić information content (AvgIpc) is 2.46. The van der Waals surface area contributed by atoms with Crippen LogP contribution in [-0.4, -0.2) is 11.5 Å². The number of halogens is 2. The number of nitrogens with two attached hydrogens (primary N) is 1. The van der Waals surface area contributed by atoms with Crippen molar-refractivity contribution in [2.75, 3.05) is 6.54 Å². The Hall–Kier alpha value is -2.09. The average molecular weight is 291 g/mol. The highest BCUT2D eigenvalue weighted by atomic mass is 35.5. The highest BCUT2D eigenvalue weighted by Gasteiger charge is 2.04. The molecule has 1 aromatic carbocycles. The summed E-state index contributed by atoms with van der Waals surface area (Å²) in [4.78, 5) is 4.01. The van der Waals surface area contributed by atoms with E-state index in [9.17, 15) is 4.39 Å². The molecule has 0 aliphatic heterocycles. The molecule has 0 radical (unpaired) electrons. The molecule has 102 valence electrons. The molecule has 0 aliphatic rings. The lowest BCUT2D eigenvalue weighted by Gasteiger charge is -2.07. The minimum absolute atomic E-state index is 0.159. The molecule has 0 unspecified atom stereocenters. The summed E-state index contributed by atoms with van der Waals surface area (Å²) in [7, 11) is 0. The van der Waals surface area contributed by atoms with Crippen molar-refractivity contribution in [3.8, 4) is 17.6 Å². The highest BCUT2D eigenvalue weighted by Crippen LogP contribution is 2.19. The minimum Gasteiger partial charge on any atom is -0.487 e. The van der Waals surface area contributed by atoms with Gasteiger partial charge in [0.25, 0.3) is 0 Å². The Balaban J connectivity index is 2.09. The van der Waals surface area contributed by atoms with E-state index in [1.807, 2.05) is 0 Å². The summed E-state index contributed by atoms with van der Waals surface area (Å²) in [6.07, 6.45) is 3.17. The maximum Gasteiger partial charge on any atom is 0.139 e. The lowest BCUT2D eigenvalue weighted by Crippen LogP contribution is -1.98. The topological polar surface area (TPSA) is 48.1 Å². The van der Waals surface area contributed by atoms with E-state index in [1.54, 1.807) is 18.5 Å². The fraction of sp³-hybridized carbons (Fsp3) is 0.133. The zero-order chi connectivity index (χ0) is 14.4. The number of nitrogens with zero attached hydrogens (tertiary/aromatic N) is 1. The van der Waals surface area contributed by atoms with E-state index < -0.39 is 0 Å². The molecule has 1 aromatic heterocycles. The van der Waals surface area contributed by atoms with Gasteiger partial charge in [0, 0.05) is 22.3 Å². The van der Waals surface area contributed by atoms with Gasteiger partial charge in [-0.05, 0) is 24.3 Å². The molecule has 2 rings (SSSR count). The molecule has 0 spiro atoms. The molecule has 0 fully saturated rings. The van der Waals surface area contributed by atoms with Gasteiger partial charge >= 0.3 is 0 Å². The first-order chi connectivity index (χ1) is 9.69. The predicted molar refractivity (Wildman–Crippen MR) is 75.9 cm³/mol. The number of pyridine rings is 1. The first-order valence-corrected chi connectivity index (χ1v) is 6.27. The van der Waals surface area contributed by atoms with Crippen molar-refractivity contribution in [3.63, 3.8) is 0 Å². The van der Waals surface area contributed by atoms with Crippen LogP contribution >= 0.6 is 11.6 Å². The lowest BCUT2D eigenvalue weighted by atomic mass is 10.2. The van der Waals surface area contributed by atoms with Gasteiger partial charge in [-0.3, -0.25) is 4.98 Å². The summed E-state index contributed by atoms with van der Waals surface area (Å²) in [5, 5.41) is 0.457. The second-order valence-electron chi connectivity index (χ2n) is 3.94. The van der Waals surface area contributed by atoms with Crippen molar-refractivity contribution in [1.82, 2.24) is 4.98 Å². The summed E-state index contributed by atoms with van der Waals surface area (Å²) in [6.45, 7) is 0.441. The molecule has 5 heteroatoms. The third-order valence-corrected chi connectivity index (χ3v) is 2.82. The molecule has 2 N–H and O–H groups in total. The molecule has 0 bridgehead atoms. The molecular formula is C15H12ClFN2O. The second kappa shape index (κ2) is 6.90. The number of ether oxygens (including phenoxy) is 1. The van der Waals surface area contributed by atoms with Crippen molar-refractivity contribution in [2.24, 2.45) is 5.73 Å². The van der Waals surface area contributed by atoms with Gasteiger partial charge in [-0.25, -0.2) is 4.39 Å². The SMILES string of the molecule is NCC#Cc1cncc(OCc2cc(F)ccc2Cl)c1. The Morgan fingerprint density at radius 1 is 1.30 bits per heavy atom. The minimum atomic E-state index is -0.353. The zero-order valence-corrected chi connectivity index (χ0v) is 11.3. The monoisotopic (exact) mass is 290 g/mol. The van der Waals surface area contributed by atoms with Gasteiger partial charge in [-0.15, -0.1) is 0 Å². The molecule has 0 aliphatic carbocycles. The van der Waals surface area contributed by atoms with Crippen LogP contribution < -0.4 is 10.5 Å². The van der Waals surface area contributed by atoms with Crippen molar-refractivity contribution in [3.05, 3.63) is 58.6 Å². The van der Waals surface area contributed by atoms with Crippen molar-refractivity contribution in [2.45, 2.75) is 6.61 Å². The van der Waals surface area contributed by atoms with Gasteiger partial charge in [-0.1, -0.05) is 23.4 Å². The van der Waals surface area contributed by atoms with E-state index >= 15 is 0 Å². The normalized spacial score (nSPS) is 9.75. The van der Waals surface area contributed by atoms with Crippen LogP contribution in [0.25, 0.3) is 0 Å². The Kier molecular flexibility index (Phi) is 4.94. The molecule has 2 aromatic rings. The van der Waals surface area contributed by atoms with E-state index in [0.717, 1.165) is 0 Å². The Bertz CT molecular complexity index is 664. The van der Waals surface area contributed by atoms with Gasteiger partial charge in [0.05, 0.1) is 12.7 Å². The largest absolute Gasteiger partial charge is 0.487 e. The summed E-state index contributed by atoms with van der Waals surface area (Å²) in [6, 6.07) is 5.88. The number of hydrogen-bond acceptors (Lipinski definition) is 3. The van der Waals surface area contributed by atoms with Crippen LogP contribution in [-0.2, 0) is 6.61 Å². The van der Waals surface area contributed by atoms with E-state index in [4.69, 9.17) is 22.1 Å². The van der Waals surface area contributed by atoms with Gasteiger partial charge in [0.15, 0.2) is 0 Å². The molecule has 0 saturated heterocycles. The summed E-state index contributed by atoms with van der Waals surface area (Å²) in [5.74, 6) is 5.78. The van der Waals surface area contributed by atoms with Crippen LogP contribution in [0.3, 0.4) is 0 Å². The molecule has 0 atom stereocenters. The van der Waals surface area contributed by atoms with Crippen molar-refractivity contribution < 1.29 is 9.13 Å². The number of hydrogen-bond donors (Lipinski definition) is 1. The first-order valence-electron chi connectivity index (χ1n) is 5.90. The van der Waals surface area contributed by atoms with Crippen LogP contribution in [0.2, 0.25) is 5.02 Å². The fourth-order valence-corrected chi connectivity index (χ4v) is 1.71. The van der Waals surface area contributed by atoms with Crippen LogP contribution in [0.4, 0.5) is 4.39 Å². The molecular weight excluding hydrogens is 279 g/mol. The van der Waals surface area contributed by atoms with Crippen molar-refractivity contribution in [1.29, 1.82) is 0 Å². The first kappa shape index (κ1) is 14.3. The summed E-state index contributed by atoms with van der Waals surface area (Å²) in [5.41, 5.74) is 6.59. The molecule has 20 heavy (non-hydrogen) atoms. The van der Waals surface area contributed by atoms with Gasteiger partial charge in [0.1, 0.15) is 18.2 Å². The van der Waals surface area contributed by atoms with Gasteiger partial charge in [0.2, 0.25) is 0 Å². The van der Waals surface area contributed by atoms with E-state index in [1.165, 1.54) is 18.2 Å². The fourth-order valence-electron chi connectivity index (χ4n) is 1.53. The van der Waals surface area contributed by atoms with Crippen LogP contribution in [0.1, 0.15) is 11.1 Å². The van der Waals surface area contributed by atoms with Gasteiger partial charge in [-0.2, -0.15) is 0 Å². The lowest BCUT2D eigenvalue weighted by molar-refractivity contribution is 0.304. The van der Waals surface area contributed by atoms with Crippen LogP contribution in [0.15, 0.2) is 36.7 Å². The molecule has 1 heterocycles. The predicted octanol–water partition coefficient (Wildman–Crippen LogP) is 2.76. The molecule has 0 saturated carbocycles. The Morgan fingerprint density at radius 3 is 2.95 bits per heavy atom. The number of aromatic nitrogens is 1. The third-order valence-electron chi connectivity index (χ3n) is 2.45.